The SMILES string of the molecule is CC(=O)Nc1ccc(N=Nc2ccc(O)cc2)cc1. The topological polar surface area (TPSA) is 74.0 Å². The number of carbonyl (C=O) groups is 1. The fourth-order valence-corrected chi connectivity index (χ4v) is 1.45. The molecule has 0 aliphatic rings. The highest BCUT2D eigenvalue weighted by Crippen LogP contribution is 2.21. The molecule has 0 unspecified atom stereocenters. The molecule has 0 aromatic heterocycles. The summed E-state index contributed by atoms with van der Waals surface area (Å²) in [4.78, 5) is 10.9. The van der Waals surface area contributed by atoms with E-state index in [1.807, 2.05) is 0 Å². The fourth-order valence-electron chi connectivity index (χ4n) is 1.45. The highest BCUT2D eigenvalue weighted by atomic mass is 16.3. The molecule has 0 fully saturated rings. The zero-order valence-electron chi connectivity index (χ0n) is 10.4. The Hall–Kier alpha value is -2.69. The summed E-state index contributed by atoms with van der Waals surface area (Å²) in [7, 11) is 0. The number of phenolic OH excluding ortho intramolecular Hbond substituents is 1. The van der Waals surface area contributed by atoms with Crippen molar-refractivity contribution in [2.24, 2.45) is 10.2 Å². The number of nitrogens with zero attached hydrogens (tertiary/aromatic N) is 2. The Morgan fingerprint density at radius 3 is 1.89 bits per heavy atom. The Bertz CT molecular complexity index is 589. The van der Waals surface area contributed by atoms with Gasteiger partial charge in [0.15, 0.2) is 0 Å². The van der Waals surface area contributed by atoms with Gasteiger partial charge in [-0.15, -0.1) is 0 Å². The predicted octanol–water partition coefficient (Wildman–Crippen LogP) is 3.77. The Labute approximate surface area is 110 Å². The standard InChI is InChI=1S/C14H13N3O2/c1-10(18)15-11-2-4-12(5-3-11)16-17-13-6-8-14(19)9-7-13/h2-9,19H,1H3,(H,15,18). The molecule has 0 saturated heterocycles. The van der Waals surface area contributed by atoms with Crippen LogP contribution in [-0.2, 0) is 4.79 Å². The summed E-state index contributed by atoms with van der Waals surface area (Å²) in [6, 6.07) is 13.5. The van der Waals surface area contributed by atoms with Crippen molar-refractivity contribution in [2.45, 2.75) is 6.92 Å². The third-order valence-corrected chi connectivity index (χ3v) is 2.32. The first kappa shape index (κ1) is 12.8. The smallest absolute Gasteiger partial charge is 0.221 e. The van der Waals surface area contributed by atoms with Gasteiger partial charge in [-0.25, -0.2) is 0 Å². The van der Waals surface area contributed by atoms with Crippen LogP contribution in [0.4, 0.5) is 17.1 Å². The van der Waals surface area contributed by atoms with Crippen LogP contribution in [0.15, 0.2) is 58.8 Å². The van der Waals surface area contributed by atoms with Gasteiger partial charge in [-0.05, 0) is 48.5 Å². The number of hydrogen-bond donors (Lipinski definition) is 2. The van der Waals surface area contributed by atoms with Gasteiger partial charge in [-0.2, -0.15) is 10.2 Å². The summed E-state index contributed by atoms with van der Waals surface area (Å²) in [5, 5.41) is 19.9. The predicted molar refractivity (Wildman–Crippen MR) is 73.0 cm³/mol. The van der Waals surface area contributed by atoms with Crippen molar-refractivity contribution in [3.05, 3.63) is 48.5 Å². The molecule has 1 amide bonds. The van der Waals surface area contributed by atoms with Crippen LogP contribution < -0.4 is 5.32 Å². The Morgan fingerprint density at radius 1 is 0.947 bits per heavy atom. The third-order valence-electron chi connectivity index (χ3n) is 2.32. The second-order valence-corrected chi connectivity index (χ2v) is 3.94. The quantitative estimate of drug-likeness (QED) is 0.819. The number of amides is 1. The second-order valence-electron chi connectivity index (χ2n) is 3.94. The molecule has 5 nitrogen and oxygen atoms in total. The molecule has 2 aromatic rings. The molecule has 0 saturated carbocycles. The average Bonchev–Trinajstić information content (AvgIpc) is 2.39. The lowest BCUT2D eigenvalue weighted by Crippen LogP contribution is -2.04. The van der Waals surface area contributed by atoms with Crippen molar-refractivity contribution < 1.29 is 9.90 Å². The van der Waals surface area contributed by atoms with E-state index >= 15 is 0 Å². The van der Waals surface area contributed by atoms with Gasteiger partial charge in [-0.1, -0.05) is 0 Å². The van der Waals surface area contributed by atoms with Crippen LogP contribution in [0.25, 0.3) is 0 Å². The summed E-state index contributed by atoms with van der Waals surface area (Å²) < 4.78 is 0. The highest BCUT2D eigenvalue weighted by Gasteiger charge is 1.95. The van der Waals surface area contributed by atoms with Gasteiger partial charge >= 0.3 is 0 Å². The lowest BCUT2D eigenvalue weighted by atomic mass is 10.3. The van der Waals surface area contributed by atoms with Crippen molar-refractivity contribution in [2.75, 3.05) is 5.32 Å². The van der Waals surface area contributed by atoms with Crippen molar-refractivity contribution in [1.29, 1.82) is 0 Å². The Kier molecular flexibility index (Phi) is 3.87. The van der Waals surface area contributed by atoms with Crippen LogP contribution in [0.3, 0.4) is 0 Å². The molecular weight excluding hydrogens is 242 g/mol. The zero-order chi connectivity index (χ0) is 13.7. The van der Waals surface area contributed by atoms with Crippen molar-refractivity contribution in [3.63, 3.8) is 0 Å². The number of phenols is 1. The molecule has 19 heavy (non-hydrogen) atoms. The number of hydrogen-bond acceptors (Lipinski definition) is 4. The molecule has 0 radical (unpaired) electrons. The van der Waals surface area contributed by atoms with E-state index in [0.717, 1.165) is 5.69 Å². The summed E-state index contributed by atoms with van der Waals surface area (Å²) >= 11 is 0. The molecule has 0 aliphatic heterocycles. The van der Waals surface area contributed by atoms with Gasteiger partial charge in [0.1, 0.15) is 5.75 Å². The molecule has 0 bridgehead atoms. The van der Waals surface area contributed by atoms with Crippen LogP contribution in [0.5, 0.6) is 5.75 Å². The van der Waals surface area contributed by atoms with E-state index in [4.69, 9.17) is 5.11 Å². The molecule has 2 N–H and O–H groups in total. The largest absolute Gasteiger partial charge is 0.508 e. The maximum atomic E-state index is 10.9. The number of anilines is 1. The molecule has 5 heteroatoms. The molecule has 2 aromatic carbocycles. The highest BCUT2D eigenvalue weighted by molar-refractivity contribution is 5.88. The van der Waals surface area contributed by atoms with E-state index in [9.17, 15) is 4.79 Å². The molecule has 0 atom stereocenters. The molecular formula is C14H13N3O2. The fraction of sp³-hybridized carbons (Fsp3) is 0.0714. The molecule has 2 rings (SSSR count). The van der Waals surface area contributed by atoms with Gasteiger partial charge in [0, 0.05) is 12.6 Å². The van der Waals surface area contributed by atoms with E-state index in [2.05, 4.69) is 15.5 Å². The van der Waals surface area contributed by atoms with Crippen molar-refractivity contribution in [1.82, 2.24) is 0 Å². The Balaban J connectivity index is 2.06. The normalized spacial score (nSPS) is 10.6. The Morgan fingerprint density at radius 2 is 1.42 bits per heavy atom. The first-order chi connectivity index (χ1) is 9.13. The van der Waals surface area contributed by atoms with Gasteiger partial charge in [-0.3, -0.25) is 4.79 Å². The average molecular weight is 255 g/mol. The third kappa shape index (κ3) is 3.92. The van der Waals surface area contributed by atoms with E-state index in [1.165, 1.54) is 6.92 Å². The van der Waals surface area contributed by atoms with Crippen LogP contribution in [0, 0.1) is 0 Å². The van der Waals surface area contributed by atoms with Crippen LogP contribution in [0.2, 0.25) is 0 Å². The summed E-state index contributed by atoms with van der Waals surface area (Å²) in [6.45, 7) is 1.46. The molecule has 96 valence electrons. The van der Waals surface area contributed by atoms with E-state index in [1.54, 1.807) is 48.5 Å². The summed E-state index contributed by atoms with van der Waals surface area (Å²) in [5.41, 5.74) is 2.06. The molecule has 0 spiro atoms. The van der Waals surface area contributed by atoms with Gasteiger partial charge in [0.05, 0.1) is 11.4 Å². The first-order valence-electron chi connectivity index (χ1n) is 5.72. The maximum Gasteiger partial charge on any atom is 0.221 e. The lowest BCUT2D eigenvalue weighted by Gasteiger charge is -2.01. The van der Waals surface area contributed by atoms with Crippen LogP contribution >= 0.6 is 0 Å². The minimum atomic E-state index is -0.113. The van der Waals surface area contributed by atoms with Crippen molar-refractivity contribution >= 4 is 23.0 Å². The molecule has 0 aliphatic carbocycles. The van der Waals surface area contributed by atoms with Gasteiger partial charge in [0.25, 0.3) is 0 Å². The second kappa shape index (κ2) is 5.77. The van der Waals surface area contributed by atoms with E-state index in [0.29, 0.717) is 11.4 Å². The van der Waals surface area contributed by atoms with E-state index < -0.39 is 0 Å². The maximum absolute atomic E-state index is 10.9. The van der Waals surface area contributed by atoms with Crippen LogP contribution in [-0.4, -0.2) is 11.0 Å². The number of rotatable bonds is 3. The minimum Gasteiger partial charge on any atom is -0.508 e. The number of nitrogens with one attached hydrogen (secondary N) is 1. The number of carbonyl (C=O) groups excluding carboxylic acids is 1. The van der Waals surface area contributed by atoms with Crippen molar-refractivity contribution in [3.8, 4) is 5.75 Å². The monoisotopic (exact) mass is 255 g/mol. The first-order valence-corrected chi connectivity index (χ1v) is 5.72. The molecule has 0 heterocycles. The summed E-state index contributed by atoms with van der Waals surface area (Å²) in [6.07, 6.45) is 0. The van der Waals surface area contributed by atoms with Gasteiger partial charge in [0.2, 0.25) is 5.91 Å². The van der Waals surface area contributed by atoms with Crippen LogP contribution in [0.1, 0.15) is 6.92 Å². The number of benzene rings is 2. The number of azo groups is 1. The minimum absolute atomic E-state index is 0.113. The zero-order valence-corrected chi connectivity index (χ0v) is 10.4. The number of aromatic hydroxyl groups is 1. The van der Waals surface area contributed by atoms with Gasteiger partial charge < -0.3 is 10.4 Å². The summed E-state index contributed by atoms with van der Waals surface area (Å²) in [5.74, 6) is 0.0806. The van der Waals surface area contributed by atoms with E-state index in [-0.39, 0.29) is 11.7 Å². The lowest BCUT2D eigenvalue weighted by molar-refractivity contribution is -0.114.